The first kappa shape index (κ1) is 19.2. The summed E-state index contributed by atoms with van der Waals surface area (Å²) in [6.07, 6.45) is 12.9. The number of nitrogens with two attached hydrogens (primary N) is 1. The van der Waals surface area contributed by atoms with Crippen molar-refractivity contribution in [3.05, 3.63) is 35.9 Å². The SMILES string of the molecule is CCCCCCCCCC(N)C(CC)(CC)c1ccccc1. The predicted octanol–water partition coefficient (Wildman–Crippen LogP) is 6.21. The molecule has 1 aromatic carbocycles. The van der Waals surface area contributed by atoms with E-state index >= 15 is 0 Å². The standard InChI is InChI=1S/C21H37N/c1-4-7-8-9-10-11-15-18-20(22)21(5-2,6-3)19-16-13-12-14-17-19/h12-14,16-17,20H,4-11,15,18,22H2,1-3H3. The number of unbranched alkanes of at least 4 members (excludes halogenated alkanes) is 6. The van der Waals surface area contributed by atoms with Gasteiger partial charge in [-0.15, -0.1) is 0 Å². The average molecular weight is 304 g/mol. The maximum atomic E-state index is 6.67. The zero-order chi connectivity index (χ0) is 16.3. The highest BCUT2D eigenvalue weighted by Gasteiger charge is 2.34. The van der Waals surface area contributed by atoms with Crippen LogP contribution in [0.1, 0.15) is 90.5 Å². The molecule has 126 valence electrons. The lowest BCUT2D eigenvalue weighted by molar-refractivity contribution is 0.297. The van der Waals surface area contributed by atoms with Crippen molar-refractivity contribution in [2.24, 2.45) is 5.73 Å². The summed E-state index contributed by atoms with van der Waals surface area (Å²) in [6, 6.07) is 11.2. The minimum absolute atomic E-state index is 0.156. The van der Waals surface area contributed by atoms with E-state index in [4.69, 9.17) is 5.73 Å². The summed E-state index contributed by atoms with van der Waals surface area (Å²) in [5.41, 5.74) is 8.25. The van der Waals surface area contributed by atoms with Gasteiger partial charge in [0.05, 0.1) is 0 Å². The van der Waals surface area contributed by atoms with Gasteiger partial charge in [0.15, 0.2) is 0 Å². The van der Waals surface area contributed by atoms with E-state index in [0.29, 0.717) is 0 Å². The van der Waals surface area contributed by atoms with Crippen LogP contribution in [0.4, 0.5) is 0 Å². The second-order valence-electron chi connectivity index (χ2n) is 6.75. The Labute approximate surface area is 138 Å². The Morgan fingerprint density at radius 2 is 1.36 bits per heavy atom. The summed E-state index contributed by atoms with van der Waals surface area (Å²) < 4.78 is 0. The van der Waals surface area contributed by atoms with Gasteiger partial charge in [-0.25, -0.2) is 0 Å². The molecule has 0 aromatic heterocycles. The lowest BCUT2D eigenvalue weighted by Gasteiger charge is -2.38. The Hall–Kier alpha value is -0.820. The Morgan fingerprint density at radius 3 is 1.91 bits per heavy atom. The Bertz CT molecular complexity index is 367. The molecule has 0 heterocycles. The molecule has 0 saturated carbocycles. The van der Waals surface area contributed by atoms with Gasteiger partial charge in [0, 0.05) is 11.5 Å². The van der Waals surface area contributed by atoms with Crippen LogP contribution in [0.25, 0.3) is 0 Å². The van der Waals surface area contributed by atoms with Crippen LogP contribution in [0.3, 0.4) is 0 Å². The monoisotopic (exact) mass is 303 g/mol. The van der Waals surface area contributed by atoms with Gasteiger partial charge in [-0.1, -0.05) is 96.0 Å². The molecule has 0 aliphatic carbocycles. The third kappa shape index (κ3) is 5.43. The minimum Gasteiger partial charge on any atom is -0.327 e. The summed E-state index contributed by atoms with van der Waals surface area (Å²) in [5, 5.41) is 0. The number of benzene rings is 1. The Morgan fingerprint density at radius 1 is 0.818 bits per heavy atom. The highest BCUT2D eigenvalue weighted by molar-refractivity contribution is 5.27. The first-order valence-electron chi connectivity index (χ1n) is 9.52. The molecule has 0 bridgehead atoms. The van der Waals surface area contributed by atoms with Gasteiger partial charge in [-0.3, -0.25) is 0 Å². The maximum Gasteiger partial charge on any atom is 0.0136 e. The highest BCUT2D eigenvalue weighted by atomic mass is 14.7. The maximum absolute atomic E-state index is 6.67. The van der Waals surface area contributed by atoms with Crippen molar-refractivity contribution in [2.45, 2.75) is 96.4 Å². The second kappa shape index (κ2) is 10.8. The lowest BCUT2D eigenvalue weighted by Crippen LogP contribution is -2.44. The Balaban J connectivity index is 2.47. The van der Waals surface area contributed by atoms with Crippen LogP contribution in [-0.2, 0) is 5.41 Å². The number of hydrogen-bond donors (Lipinski definition) is 1. The highest BCUT2D eigenvalue weighted by Crippen LogP contribution is 2.36. The predicted molar refractivity (Wildman–Crippen MR) is 99.3 cm³/mol. The van der Waals surface area contributed by atoms with E-state index in [2.05, 4.69) is 51.1 Å². The zero-order valence-electron chi connectivity index (χ0n) is 15.1. The van der Waals surface area contributed by atoms with E-state index in [1.165, 1.54) is 50.5 Å². The molecule has 22 heavy (non-hydrogen) atoms. The summed E-state index contributed by atoms with van der Waals surface area (Å²) in [7, 11) is 0. The van der Waals surface area contributed by atoms with Crippen molar-refractivity contribution >= 4 is 0 Å². The van der Waals surface area contributed by atoms with E-state index in [1.54, 1.807) is 0 Å². The summed E-state index contributed by atoms with van der Waals surface area (Å²) >= 11 is 0. The fourth-order valence-corrected chi connectivity index (χ4v) is 3.76. The summed E-state index contributed by atoms with van der Waals surface area (Å²) in [4.78, 5) is 0. The third-order valence-electron chi connectivity index (χ3n) is 5.44. The topological polar surface area (TPSA) is 26.0 Å². The lowest BCUT2D eigenvalue weighted by atomic mass is 9.69. The molecular weight excluding hydrogens is 266 g/mol. The summed E-state index contributed by atoms with van der Waals surface area (Å²) in [5.74, 6) is 0. The van der Waals surface area contributed by atoms with Crippen molar-refractivity contribution in [3.63, 3.8) is 0 Å². The van der Waals surface area contributed by atoms with Crippen LogP contribution < -0.4 is 5.73 Å². The molecule has 0 fully saturated rings. The van der Waals surface area contributed by atoms with Gasteiger partial charge in [0.1, 0.15) is 0 Å². The van der Waals surface area contributed by atoms with Gasteiger partial charge in [0.25, 0.3) is 0 Å². The molecule has 1 heteroatoms. The zero-order valence-corrected chi connectivity index (χ0v) is 15.1. The van der Waals surface area contributed by atoms with Crippen LogP contribution >= 0.6 is 0 Å². The van der Waals surface area contributed by atoms with Gasteiger partial charge in [-0.05, 0) is 24.8 Å². The smallest absolute Gasteiger partial charge is 0.0136 e. The van der Waals surface area contributed by atoms with Crippen LogP contribution in [0, 0.1) is 0 Å². The number of hydrogen-bond acceptors (Lipinski definition) is 1. The second-order valence-corrected chi connectivity index (χ2v) is 6.75. The first-order chi connectivity index (χ1) is 10.7. The molecule has 0 aliphatic heterocycles. The average Bonchev–Trinajstić information content (AvgIpc) is 2.57. The molecule has 0 spiro atoms. The van der Waals surface area contributed by atoms with Crippen LogP contribution in [0.2, 0.25) is 0 Å². The quantitative estimate of drug-likeness (QED) is 0.456. The van der Waals surface area contributed by atoms with Gasteiger partial charge in [0.2, 0.25) is 0 Å². The minimum atomic E-state index is 0.156. The van der Waals surface area contributed by atoms with Crippen LogP contribution in [0.5, 0.6) is 0 Å². The van der Waals surface area contributed by atoms with Gasteiger partial charge < -0.3 is 5.73 Å². The van der Waals surface area contributed by atoms with E-state index in [1.807, 2.05) is 0 Å². The van der Waals surface area contributed by atoms with E-state index < -0.39 is 0 Å². The third-order valence-corrected chi connectivity index (χ3v) is 5.44. The molecule has 2 N–H and O–H groups in total. The fourth-order valence-electron chi connectivity index (χ4n) is 3.76. The molecular formula is C21H37N. The number of rotatable bonds is 12. The van der Waals surface area contributed by atoms with Crippen LogP contribution in [0.15, 0.2) is 30.3 Å². The fraction of sp³-hybridized carbons (Fsp3) is 0.714. The van der Waals surface area contributed by atoms with Crippen LogP contribution in [-0.4, -0.2) is 6.04 Å². The molecule has 0 radical (unpaired) electrons. The van der Waals surface area contributed by atoms with E-state index in [9.17, 15) is 0 Å². The van der Waals surface area contributed by atoms with Crippen molar-refractivity contribution in [2.75, 3.05) is 0 Å². The first-order valence-corrected chi connectivity index (χ1v) is 9.52. The Kier molecular flexibility index (Phi) is 9.47. The van der Waals surface area contributed by atoms with Gasteiger partial charge >= 0.3 is 0 Å². The molecule has 0 saturated heterocycles. The molecule has 1 nitrogen and oxygen atoms in total. The van der Waals surface area contributed by atoms with E-state index in [-0.39, 0.29) is 11.5 Å². The van der Waals surface area contributed by atoms with Gasteiger partial charge in [-0.2, -0.15) is 0 Å². The molecule has 0 amide bonds. The summed E-state index contributed by atoms with van der Waals surface area (Å²) in [6.45, 7) is 6.86. The largest absolute Gasteiger partial charge is 0.327 e. The molecule has 1 unspecified atom stereocenters. The molecule has 0 aliphatic rings. The molecule has 1 atom stereocenters. The van der Waals surface area contributed by atoms with Crippen molar-refractivity contribution in [1.82, 2.24) is 0 Å². The molecule has 1 rings (SSSR count). The van der Waals surface area contributed by atoms with Crippen molar-refractivity contribution in [3.8, 4) is 0 Å². The normalized spacial score (nSPS) is 13.3. The van der Waals surface area contributed by atoms with E-state index in [0.717, 1.165) is 19.3 Å². The van der Waals surface area contributed by atoms with Crippen molar-refractivity contribution in [1.29, 1.82) is 0 Å². The molecule has 1 aromatic rings. The van der Waals surface area contributed by atoms with Crippen molar-refractivity contribution < 1.29 is 0 Å².